The number of aromatic carboxylic acids is 1. The van der Waals surface area contributed by atoms with E-state index >= 15 is 0 Å². The van der Waals surface area contributed by atoms with E-state index in [9.17, 15) is 4.79 Å². The first-order valence-corrected chi connectivity index (χ1v) is 4.22. The number of nitrogens with one attached hydrogen (secondary N) is 1. The number of nitrogens with zero attached hydrogens (tertiary/aromatic N) is 1. The molecule has 0 radical (unpaired) electrons. The van der Waals surface area contributed by atoms with Gasteiger partial charge in [-0.2, -0.15) is 0 Å². The van der Waals surface area contributed by atoms with Gasteiger partial charge in [0.15, 0.2) is 5.69 Å². The molecular formula is C7H10N3O3P. The maximum absolute atomic E-state index is 10.8. The number of carbonyl (C=O) groups is 1. The lowest BCUT2D eigenvalue weighted by atomic mass is 10.3. The van der Waals surface area contributed by atoms with Crippen LogP contribution in [0, 0.1) is 0 Å². The minimum Gasteiger partial charge on any atom is -0.480 e. The summed E-state index contributed by atoms with van der Waals surface area (Å²) in [7, 11) is 3.55. The van der Waals surface area contributed by atoms with E-state index in [1.165, 1.54) is 13.2 Å². The molecule has 0 saturated heterocycles. The largest absolute Gasteiger partial charge is 0.480 e. The molecular weight excluding hydrogens is 205 g/mol. The van der Waals surface area contributed by atoms with E-state index in [-0.39, 0.29) is 17.3 Å². The molecule has 0 fully saturated rings. The van der Waals surface area contributed by atoms with E-state index in [2.05, 4.69) is 19.5 Å². The first-order chi connectivity index (χ1) is 6.60. The fraction of sp³-hybridized carbons (Fsp3) is 0.143. The van der Waals surface area contributed by atoms with Gasteiger partial charge >= 0.3 is 5.97 Å². The number of nitrogens with two attached hydrogens (primary N) is 1. The van der Waals surface area contributed by atoms with Crippen LogP contribution in [0.15, 0.2) is 6.07 Å². The Balaban J connectivity index is 3.32. The molecule has 1 rings (SSSR count). The van der Waals surface area contributed by atoms with E-state index in [1.54, 1.807) is 0 Å². The molecule has 1 aromatic rings. The summed E-state index contributed by atoms with van der Waals surface area (Å²) in [5, 5.41) is 11.4. The van der Waals surface area contributed by atoms with Crippen LogP contribution in [-0.4, -0.2) is 23.2 Å². The van der Waals surface area contributed by atoms with Crippen LogP contribution in [0.1, 0.15) is 10.5 Å². The van der Waals surface area contributed by atoms with Gasteiger partial charge in [-0.15, -0.1) is 0 Å². The van der Waals surface area contributed by atoms with E-state index in [0.717, 1.165) is 0 Å². The standard InChI is InChI=1S/C7H10N3O3P/c1-13-6-3(8)2-4(10-14)5(9-6)7(11)12/h2,10H,8,14H2,1H3,(H,11,12). The van der Waals surface area contributed by atoms with Gasteiger partial charge in [-0.05, 0) is 15.5 Å². The Morgan fingerprint density at radius 2 is 2.43 bits per heavy atom. The molecule has 6 nitrogen and oxygen atoms in total. The predicted octanol–water partition coefficient (Wildman–Crippen LogP) is 0.573. The number of methoxy groups -OCH3 is 1. The highest BCUT2D eigenvalue weighted by molar-refractivity contribution is 7.18. The third-order valence-corrected chi connectivity index (χ3v) is 1.88. The second-order valence-corrected chi connectivity index (χ2v) is 2.72. The molecule has 4 N–H and O–H groups in total. The number of hydrogen-bond acceptors (Lipinski definition) is 5. The second kappa shape index (κ2) is 4.11. The molecule has 0 spiro atoms. The summed E-state index contributed by atoms with van der Waals surface area (Å²) in [6.45, 7) is 0. The summed E-state index contributed by atoms with van der Waals surface area (Å²) < 4.78 is 4.80. The highest BCUT2D eigenvalue weighted by Gasteiger charge is 2.15. The van der Waals surface area contributed by atoms with Crippen molar-refractivity contribution in [3.63, 3.8) is 0 Å². The third kappa shape index (κ3) is 1.85. The van der Waals surface area contributed by atoms with Gasteiger partial charge in [0.2, 0.25) is 5.88 Å². The minimum absolute atomic E-state index is 0.103. The van der Waals surface area contributed by atoms with Gasteiger partial charge in [-0.1, -0.05) is 0 Å². The topological polar surface area (TPSA) is 97.5 Å². The first kappa shape index (κ1) is 10.5. The van der Waals surface area contributed by atoms with Gasteiger partial charge in [-0.3, -0.25) is 0 Å². The molecule has 1 unspecified atom stereocenters. The molecule has 0 aliphatic rings. The zero-order valence-corrected chi connectivity index (χ0v) is 8.60. The maximum Gasteiger partial charge on any atom is 0.356 e. The van der Waals surface area contributed by atoms with Crippen LogP contribution in [0.2, 0.25) is 0 Å². The lowest BCUT2D eigenvalue weighted by Crippen LogP contribution is -2.07. The third-order valence-electron chi connectivity index (χ3n) is 1.57. The van der Waals surface area contributed by atoms with E-state index < -0.39 is 5.97 Å². The van der Waals surface area contributed by atoms with Crippen LogP contribution in [0.5, 0.6) is 5.88 Å². The van der Waals surface area contributed by atoms with Crippen molar-refractivity contribution in [3.05, 3.63) is 11.8 Å². The summed E-state index contributed by atoms with van der Waals surface area (Å²) in [6.07, 6.45) is 0. The zero-order chi connectivity index (χ0) is 10.7. The Kier molecular flexibility index (Phi) is 3.09. The van der Waals surface area contributed by atoms with Crippen LogP contribution in [-0.2, 0) is 0 Å². The van der Waals surface area contributed by atoms with Crippen molar-refractivity contribution in [2.24, 2.45) is 0 Å². The van der Waals surface area contributed by atoms with Crippen molar-refractivity contribution in [1.29, 1.82) is 0 Å². The number of rotatable bonds is 3. The number of ether oxygens (including phenoxy) is 1. The minimum atomic E-state index is -1.15. The predicted molar refractivity (Wildman–Crippen MR) is 55.5 cm³/mol. The first-order valence-electron chi connectivity index (χ1n) is 3.64. The van der Waals surface area contributed by atoms with E-state index in [0.29, 0.717) is 5.69 Å². The normalized spacial score (nSPS) is 9.57. The number of carboxylic acid groups (broad SMARTS) is 1. The summed E-state index contributed by atoms with van der Waals surface area (Å²) >= 11 is 0. The molecule has 0 amide bonds. The average Bonchev–Trinajstić information content (AvgIpc) is 2.16. The molecule has 0 aliphatic heterocycles. The highest BCUT2D eigenvalue weighted by atomic mass is 31.0. The SMILES string of the molecule is COc1nc(C(=O)O)c(NP)cc1N. The summed E-state index contributed by atoms with van der Waals surface area (Å²) in [5.74, 6) is -1.04. The quantitative estimate of drug-likeness (QED) is 0.638. The molecule has 7 heteroatoms. The monoisotopic (exact) mass is 215 g/mol. The molecule has 1 aromatic heterocycles. The van der Waals surface area contributed by atoms with Crippen molar-refractivity contribution < 1.29 is 14.6 Å². The fourth-order valence-corrected chi connectivity index (χ4v) is 1.17. The smallest absolute Gasteiger partial charge is 0.356 e. The van der Waals surface area contributed by atoms with E-state index in [4.69, 9.17) is 15.6 Å². The number of anilines is 2. The van der Waals surface area contributed by atoms with Gasteiger partial charge in [0.25, 0.3) is 0 Å². The summed E-state index contributed by atoms with van der Waals surface area (Å²) in [4.78, 5) is 14.5. The number of aromatic nitrogens is 1. The number of pyridine rings is 1. The Morgan fingerprint density at radius 1 is 1.79 bits per heavy atom. The second-order valence-electron chi connectivity index (χ2n) is 2.43. The highest BCUT2D eigenvalue weighted by Crippen LogP contribution is 2.26. The molecule has 0 saturated carbocycles. The van der Waals surface area contributed by atoms with Crippen molar-refractivity contribution in [2.45, 2.75) is 0 Å². The number of hydrogen-bond donors (Lipinski definition) is 3. The fourth-order valence-electron chi connectivity index (χ4n) is 0.948. The van der Waals surface area contributed by atoms with Gasteiger partial charge in [-0.25, -0.2) is 9.78 Å². The lowest BCUT2D eigenvalue weighted by molar-refractivity contribution is 0.0691. The summed E-state index contributed by atoms with van der Waals surface area (Å²) in [5.41, 5.74) is 6.01. The number of carboxylic acids is 1. The lowest BCUT2D eigenvalue weighted by Gasteiger charge is -2.08. The summed E-state index contributed by atoms with van der Waals surface area (Å²) in [6, 6.07) is 1.45. The Bertz CT molecular complexity index is 369. The molecule has 1 atom stereocenters. The van der Waals surface area contributed by atoms with Gasteiger partial charge < -0.3 is 20.7 Å². The molecule has 1 heterocycles. The van der Waals surface area contributed by atoms with Crippen molar-refractivity contribution in [3.8, 4) is 5.88 Å². The van der Waals surface area contributed by atoms with E-state index in [1.807, 2.05) is 0 Å². The van der Waals surface area contributed by atoms with Gasteiger partial charge in [0.05, 0.1) is 18.5 Å². The van der Waals surface area contributed by atoms with Gasteiger partial charge in [0.1, 0.15) is 0 Å². The van der Waals surface area contributed by atoms with Crippen LogP contribution < -0.4 is 15.6 Å². The van der Waals surface area contributed by atoms with Crippen molar-refractivity contribution in [1.82, 2.24) is 4.98 Å². The van der Waals surface area contributed by atoms with Crippen molar-refractivity contribution >= 4 is 26.7 Å². The molecule has 0 aromatic carbocycles. The molecule has 14 heavy (non-hydrogen) atoms. The van der Waals surface area contributed by atoms with Gasteiger partial charge in [0, 0.05) is 0 Å². The van der Waals surface area contributed by atoms with Crippen LogP contribution in [0.25, 0.3) is 0 Å². The molecule has 0 aliphatic carbocycles. The Hall–Kier alpha value is -1.55. The average molecular weight is 215 g/mol. The molecule has 0 bridgehead atoms. The Morgan fingerprint density at radius 3 is 2.86 bits per heavy atom. The Labute approximate surface area is 82.7 Å². The van der Waals surface area contributed by atoms with Crippen molar-refractivity contribution in [2.75, 3.05) is 17.9 Å². The van der Waals surface area contributed by atoms with Crippen LogP contribution in [0.3, 0.4) is 0 Å². The number of nitrogen functional groups attached to an aromatic ring is 1. The van der Waals surface area contributed by atoms with Crippen LogP contribution >= 0.6 is 9.39 Å². The maximum atomic E-state index is 10.8. The molecule has 76 valence electrons. The van der Waals surface area contributed by atoms with Crippen LogP contribution in [0.4, 0.5) is 11.4 Å². The zero-order valence-electron chi connectivity index (χ0n) is 7.44.